The molecule has 0 amide bonds. The lowest BCUT2D eigenvalue weighted by Crippen LogP contribution is -2.50. The van der Waals surface area contributed by atoms with Crippen molar-refractivity contribution in [1.82, 2.24) is 14.7 Å². The van der Waals surface area contributed by atoms with Crippen molar-refractivity contribution in [2.24, 2.45) is 11.8 Å². The quantitative estimate of drug-likeness (QED) is 0.741. The van der Waals surface area contributed by atoms with Gasteiger partial charge in [-0.3, -0.25) is 9.80 Å². The molecule has 2 aliphatic heterocycles. The first-order valence-electron chi connectivity index (χ1n) is 9.53. The summed E-state index contributed by atoms with van der Waals surface area (Å²) in [4.78, 5) is 7.84. The van der Waals surface area contributed by atoms with Crippen molar-refractivity contribution < 1.29 is 0 Å². The van der Waals surface area contributed by atoms with E-state index in [1.807, 2.05) is 0 Å². The Morgan fingerprint density at radius 2 is 1.48 bits per heavy atom. The minimum absolute atomic E-state index is 0.341. The van der Waals surface area contributed by atoms with Crippen molar-refractivity contribution in [2.75, 3.05) is 52.4 Å². The summed E-state index contributed by atoms with van der Waals surface area (Å²) >= 11 is 0. The predicted octanol–water partition coefficient (Wildman–Crippen LogP) is 2.77. The van der Waals surface area contributed by atoms with Crippen molar-refractivity contribution >= 4 is 0 Å². The minimum atomic E-state index is 0.341. The van der Waals surface area contributed by atoms with Crippen molar-refractivity contribution in [2.45, 2.75) is 53.0 Å². The number of piperidine rings is 1. The van der Waals surface area contributed by atoms with Gasteiger partial charge in [0, 0.05) is 44.2 Å². The van der Waals surface area contributed by atoms with Gasteiger partial charge < -0.3 is 4.90 Å². The zero-order valence-corrected chi connectivity index (χ0v) is 16.1. The van der Waals surface area contributed by atoms with E-state index in [0.29, 0.717) is 11.5 Å². The van der Waals surface area contributed by atoms with Crippen LogP contribution in [0, 0.1) is 23.7 Å². The van der Waals surface area contributed by atoms with Crippen LogP contribution in [0.2, 0.25) is 0 Å². The van der Waals surface area contributed by atoms with Crippen LogP contribution >= 0.6 is 0 Å². The lowest BCUT2D eigenvalue weighted by Gasteiger charge is -2.42. The fourth-order valence-corrected chi connectivity index (χ4v) is 3.64. The zero-order valence-electron chi connectivity index (χ0n) is 16.1. The smallest absolute Gasteiger partial charge is 0.0602 e. The molecule has 132 valence electrons. The van der Waals surface area contributed by atoms with Gasteiger partial charge in [0.25, 0.3) is 0 Å². The number of likely N-dealkylation sites (tertiary alicyclic amines) is 1. The Morgan fingerprint density at radius 3 is 2.00 bits per heavy atom. The molecule has 3 heteroatoms. The van der Waals surface area contributed by atoms with Gasteiger partial charge >= 0.3 is 0 Å². The van der Waals surface area contributed by atoms with Crippen LogP contribution in [-0.4, -0.2) is 72.6 Å². The molecule has 2 rings (SSSR count). The molecule has 0 aromatic rings. The van der Waals surface area contributed by atoms with E-state index in [4.69, 9.17) is 0 Å². The van der Waals surface area contributed by atoms with E-state index in [1.54, 1.807) is 0 Å². The predicted molar refractivity (Wildman–Crippen MR) is 99.5 cm³/mol. The first-order chi connectivity index (χ1) is 10.8. The first-order valence-corrected chi connectivity index (χ1v) is 9.53. The Kier molecular flexibility index (Phi) is 6.95. The molecular weight excluding hydrogens is 282 g/mol. The van der Waals surface area contributed by atoms with Crippen LogP contribution < -0.4 is 0 Å². The second-order valence-corrected chi connectivity index (χ2v) is 8.65. The van der Waals surface area contributed by atoms with Crippen LogP contribution in [0.15, 0.2) is 0 Å². The summed E-state index contributed by atoms with van der Waals surface area (Å²) in [6, 6.07) is 0. The Morgan fingerprint density at radius 1 is 0.913 bits per heavy atom. The largest absolute Gasteiger partial charge is 0.301 e. The van der Waals surface area contributed by atoms with Gasteiger partial charge in [0.15, 0.2) is 0 Å². The van der Waals surface area contributed by atoms with Crippen molar-refractivity contribution in [3.05, 3.63) is 0 Å². The second kappa shape index (κ2) is 8.51. The number of rotatable bonds is 3. The van der Waals surface area contributed by atoms with E-state index in [2.05, 4.69) is 61.2 Å². The molecule has 0 saturated carbocycles. The molecule has 0 atom stereocenters. The molecule has 0 aliphatic carbocycles. The van der Waals surface area contributed by atoms with Crippen LogP contribution in [-0.2, 0) is 0 Å². The number of hydrogen-bond acceptors (Lipinski definition) is 3. The van der Waals surface area contributed by atoms with Crippen LogP contribution in [0.5, 0.6) is 0 Å². The number of hydrogen-bond donors (Lipinski definition) is 0. The Balaban J connectivity index is 1.65. The van der Waals surface area contributed by atoms with Crippen molar-refractivity contribution in [1.29, 1.82) is 0 Å². The molecule has 0 bridgehead atoms. The number of nitrogens with zero attached hydrogens (tertiary/aromatic N) is 3. The zero-order chi connectivity index (χ0) is 16.9. The van der Waals surface area contributed by atoms with Gasteiger partial charge in [-0.25, -0.2) is 0 Å². The maximum atomic E-state index is 3.32. The highest BCUT2D eigenvalue weighted by atomic mass is 15.3. The summed E-state index contributed by atoms with van der Waals surface area (Å²) in [5.74, 6) is 8.00. The highest BCUT2D eigenvalue weighted by Crippen LogP contribution is 2.24. The van der Waals surface area contributed by atoms with Gasteiger partial charge in [0.1, 0.15) is 0 Å². The maximum absolute atomic E-state index is 3.32. The van der Waals surface area contributed by atoms with Crippen LogP contribution in [0.1, 0.15) is 47.5 Å². The van der Waals surface area contributed by atoms with Crippen molar-refractivity contribution in [3.8, 4) is 11.8 Å². The van der Waals surface area contributed by atoms with Crippen LogP contribution in [0.4, 0.5) is 0 Å². The molecule has 0 radical (unpaired) electrons. The van der Waals surface area contributed by atoms with Gasteiger partial charge in [0.05, 0.1) is 6.54 Å². The Hall–Kier alpha value is -0.560. The molecule has 0 aromatic carbocycles. The summed E-state index contributed by atoms with van der Waals surface area (Å²) in [6.45, 7) is 21.0. The fourth-order valence-electron chi connectivity index (χ4n) is 3.64. The normalized spacial score (nSPS) is 23.0. The average molecular weight is 320 g/mol. The standard InChI is InChI=1S/C20H37N3/c1-18(2)7-6-10-21-13-15-22(16-14-21)17-19-8-11-23(12-9-19)20(3,4)5/h18-19H,8-17H2,1-5H3. The molecule has 2 saturated heterocycles. The molecule has 3 nitrogen and oxygen atoms in total. The lowest BCUT2D eigenvalue weighted by atomic mass is 9.92. The van der Waals surface area contributed by atoms with E-state index in [1.165, 1.54) is 58.7 Å². The van der Waals surface area contributed by atoms with Crippen molar-refractivity contribution in [3.63, 3.8) is 0 Å². The number of piperazine rings is 1. The van der Waals surface area contributed by atoms with Gasteiger partial charge in [-0.1, -0.05) is 25.7 Å². The molecule has 0 N–H and O–H groups in total. The van der Waals surface area contributed by atoms with Crippen LogP contribution in [0.3, 0.4) is 0 Å². The summed E-state index contributed by atoms with van der Waals surface area (Å²) in [5.41, 5.74) is 0.341. The van der Waals surface area contributed by atoms with Gasteiger partial charge in [-0.15, -0.1) is 0 Å². The molecule has 0 unspecified atom stereocenters. The Labute approximate surface area is 144 Å². The first kappa shape index (κ1) is 18.8. The second-order valence-electron chi connectivity index (χ2n) is 8.65. The molecule has 2 fully saturated rings. The molecule has 0 aromatic heterocycles. The summed E-state index contributed by atoms with van der Waals surface area (Å²) in [6.07, 6.45) is 2.74. The maximum Gasteiger partial charge on any atom is 0.0602 e. The molecule has 0 spiro atoms. The third-order valence-electron chi connectivity index (χ3n) is 5.24. The van der Waals surface area contributed by atoms with E-state index in [9.17, 15) is 0 Å². The third kappa shape index (κ3) is 6.45. The summed E-state index contributed by atoms with van der Waals surface area (Å²) in [5, 5.41) is 0. The van der Waals surface area contributed by atoms with E-state index >= 15 is 0 Å². The molecule has 2 heterocycles. The highest BCUT2D eigenvalue weighted by molar-refractivity contribution is 5.03. The van der Waals surface area contributed by atoms with Gasteiger partial charge in [-0.05, 0) is 52.6 Å². The third-order valence-corrected chi connectivity index (χ3v) is 5.24. The van der Waals surface area contributed by atoms with E-state index in [0.717, 1.165) is 12.5 Å². The van der Waals surface area contributed by atoms with Gasteiger partial charge in [0.2, 0.25) is 0 Å². The minimum Gasteiger partial charge on any atom is -0.301 e. The monoisotopic (exact) mass is 319 g/mol. The fraction of sp³-hybridized carbons (Fsp3) is 0.900. The Bertz CT molecular complexity index is 397. The summed E-state index contributed by atoms with van der Waals surface area (Å²) in [7, 11) is 0. The van der Waals surface area contributed by atoms with Gasteiger partial charge in [-0.2, -0.15) is 0 Å². The van der Waals surface area contributed by atoms with Crippen LogP contribution in [0.25, 0.3) is 0 Å². The SMILES string of the molecule is CC(C)C#CCN1CCN(CC2CCN(C(C)(C)C)CC2)CC1. The topological polar surface area (TPSA) is 9.72 Å². The molecular formula is C20H37N3. The molecule has 2 aliphatic rings. The van der Waals surface area contributed by atoms with E-state index < -0.39 is 0 Å². The van der Waals surface area contributed by atoms with E-state index in [-0.39, 0.29) is 0 Å². The summed E-state index contributed by atoms with van der Waals surface area (Å²) < 4.78 is 0. The highest BCUT2D eigenvalue weighted by Gasteiger charge is 2.28. The lowest BCUT2D eigenvalue weighted by molar-refractivity contribution is 0.0633. The molecule has 23 heavy (non-hydrogen) atoms. The average Bonchev–Trinajstić information content (AvgIpc) is 2.48.